The summed E-state index contributed by atoms with van der Waals surface area (Å²) >= 11 is 5.79. The molecule has 4 N–H and O–H groups in total. The summed E-state index contributed by atoms with van der Waals surface area (Å²) in [6, 6.07) is 3.59. The van der Waals surface area contributed by atoms with Gasteiger partial charge in [0, 0.05) is 12.1 Å². The molecule has 25 heavy (non-hydrogen) atoms. The van der Waals surface area contributed by atoms with Gasteiger partial charge in [0.05, 0.1) is 10.4 Å². The van der Waals surface area contributed by atoms with Crippen LogP contribution in [0.1, 0.15) is 44.0 Å². The first-order valence-corrected chi connectivity index (χ1v) is 8.44. The Hall–Kier alpha value is -2.47. The average molecular weight is 368 g/mol. The summed E-state index contributed by atoms with van der Waals surface area (Å²) in [5, 5.41) is 31.7. The lowest BCUT2D eigenvalue weighted by Gasteiger charge is -2.04. The highest BCUT2D eigenvalue weighted by atomic mass is 35.5. The highest BCUT2D eigenvalue weighted by Gasteiger charge is 2.17. The first kappa shape index (κ1) is 20.6. The molecule has 7 heteroatoms. The molecule has 1 amide bonds. The van der Waals surface area contributed by atoms with Crippen LogP contribution in [-0.2, 0) is 0 Å². The minimum absolute atomic E-state index is 0.0480. The third-order valence-corrected chi connectivity index (χ3v) is 3.69. The van der Waals surface area contributed by atoms with Crippen LogP contribution in [0, 0.1) is 0 Å². The Morgan fingerprint density at radius 1 is 1.12 bits per heavy atom. The van der Waals surface area contributed by atoms with Gasteiger partial charge in [-0.3, -0.25) is 9.59 Å². The van der Waals surface area contributed by atoms with Gasteiger partial charge in [0.25, 0.3) is 5.91 Å². The Kier molecular flexibility index (Phi) is 7.51. The van der Waals surface area contributed by atoms with Gasteiger partial charge in [-0.2, -0.15) is 0 Å². The fourth-order valence-electron chi connectivity index (χ4n) is 2.16. The number of rotatable bonds is 4. The molecule has 0 saturated carbocycles. The number of hydrogen-bond acceptors (Lipinski definition) is 5. The zero-order valence-electron chi connectivity index (χ0n) is 14.4. The molecule has 0 unspecified atom stereocenters. The number of amides is 1. The van der Waals surface area contributed by atoms with Crippen LogP contribution in [0.3, 0.4) is 0 Å². The molecule has 0 saturated heterocycles. The number of benzene rings is 1. The van der Waals surface area contributed by atoms with Crippen LogP contribution in [0.5, 0.6) is 17.2 Å². The number of carbonyl (C=O) groups excluding carboxylic acids is 1. The van der Waals surface area contributed by atoms with Crippen molar-refractivity contribution in [1.29, 1.82) is 0 Å². The Morgan fingerprint density at radius 3 is 2.36 bits per heavy atom. The SMILES string of the molecule is CC.CCCCNC(=O)c1cc(O)c(=O)c2c(O)c(O)c(Cl)cc2c1. The molecule has 0 fully saturated rings. The molecule has 0 bridgehead atoms. The summed E-state index contributed by atoms with van der Waals surface area (Å²) in [7, 11) is 0. The van der Waals surface area contributed by atoms with Crippen LogP contribution in [-0.4, -0.2) is 27.8 Å². The van der Waals surface area contributed by atoms with E-state index in [4.69, 9.17) is 11.6 Å². The van der Waals surface area contributed by atoms with Crippen LogP contribution < -0.4 is 10.7 Å². The van der Waals surface area contributed by atoms with Gasteiger partial charge >= 0.3 is 0 Å². The highest BCUT2D eigenvalue weighted by Crippen LogP contribution is 2.38. The second kappa shape index (κ2) is 9.13. The Bertz CT molecular complexity index is 836. The molecule has 0 heterocycles. The number of hydrogen-bond donors (Lipinski definition) is 4. The third-order valence-electron chi connectivity index (χ3n) is 3.40. The predicted octanol–water partition coefficient (Wildman–Crippen LogP) is 3.53. The molecular formula is C18H22ClNO5. The molecule has 0 aromatic heterocycles. The van der Waals surface area contributed by atoms with Crippen molar-refractivity contribution in [2.75, 3.05) is 6.54 Å². The Balaban J connectivity index is 0.00000151. The number of halogens is 1. The van der Waals surface area contributed by atoms with E-state index in [9.17, 15) is 24.9 Å². The number of aromatic hydroxyl groups is 3. The summed E-state index contributed by atoms with van der Waals surface area (Å²) in [5.41, 5.74) is -0.857. The Morgan fingerprint density at radius 2 is 1.76 bits per heavy atom. The molecule has 2 aromatic rings. The molecule has 2 rings (SSSR count). The lowest BCUT2D eigenvalue weighted by atomic mass is 10.1. The van der Waals surface area contributed by atoms with Crippen molar-refractivity contribution in [1.82, 2.24) is 5.32 Å². The molecule has 2 aromatic carbocycles. The van der Waals surface area contributed by atoms with E-state index in [0.717, 1.165) is 18.9 Å². The molecule has 6 nitrogen and oxygen atoms in total. The topological polar surface area (TPSA) is 107 Å². The van der Waals surface area contributed by atoms with E-state index in [-0.39, 0.29) is 21.4 Å². The third kappa shape index (κ3) is 4.54. The fraction of sp³-hybridized carbons (Fsp3) is 0.333. The van der Waals surface area contributed by atoms with Crippen molar-refractivity contribution in [2.45, 2.75) is 33.6 Å². The number of phenolic OH excluding ortho intramolecular Hbond substituents is 2. The van der Waals surface area contributed by atoms with Gasteiger partial charge in [0.2, 0.25) is 5.43 Å². The van der Waals surface area contributed by atoms with E-state index >= 15 is 0 Å². The lowest BCUT2D eigenvalue weighted by molar-refractivity contribution is 0.0953. The minimum atomic E-state index is -0.905. The number of unbranched alkanes of at least 4 members (excludes halogenated alkanes) is 1. The molecule has 0 atom stereocenters. The number of nitrogens with one attached hydrogen (secondary N) is 1. The average Bonchev–Trinajstić information content (AvgIpc) is 2.72. The first-order valence-electron chi connectivity index (χ1n) is 8.06. The van der Waals surface area contributed by atoms with Gasteiger partial charge in [-0.1, -0.05) is 38.8 Å². The van der Waals surface area contributed by atoms with Crippen LogP contribution in [0.25, 0.3) is 10.8 Å². The molecule has 0 spiro atoms. The first-order chi connectivity index (χ1) is 11.9. The van der Waals surface area contributed by atoms with E-state index in [1.54, 1.807) is 0 Å². The molecule has 0 radical (unpaired) electrons. The largest absolute Gasteiger partial charge is 0.504 e. The maximum atomic E-state index is 12.2. The van der Waals surface area contributed by atoms with Crippen molar-refractivity contribution in [2.24, 2.45) is 0 Å². The molecule has 136 valence electrons. The number of phenols is 2. The van der Waals surface area contributed by atoms with Gasteiger partial charge in [0.15, 0.2) is 17.2 Å². The lowest BCUT2D eigenvalue weighted by Crippen LogP contribution is -2.24. The second-order valence-corrected chi connectivity index (χ2v) is 5.49. The van der Waals surface area contributed by atoms with Gasteiger partial charge in [-0.05, 0) is 30.0 Å². The highest BCUT2D eigenvalue weighted by molar-refractivity contribution is 6.33. The Labute approximate surface area is 150 Å². The fourth-order valence-corrected chi connectivity index (χ4v) is 2.37. The van der Waals surface area contributed by atoms with Crippen LogP contribution in [0.15, 0.2) is 23.0 Å². The monoisotopic (exact) mass is 367 g/mol. The summed E-state index contributed by atoms with van der Waals surface area (Å²) in [4.78, 5) is 24.3. The predicted molar refractivity (Wildman–Crippen MR) is 98.8 cm³/mol. The van der Waals surface area contributed by atoms with E-state index in [2.05, 4.69) is 5.32 Å². The van der Waals surface area contributed by atoms with Crippen LogP contribution >= 0.6 is 11.6 Å². The van der Waals surface area contributed by atoms with Crippen molar-refractivity contribution in [3.8, 4) is 17.2 Å². The van der Waals surface area contributed by atoms with Crippen LogP contribution in [0.4, 0.5) is 0 Å². The number of fused-ring (bicyclic) bond motifs is 1. The normalized spacial score (nSPS) is 10.1. The summed E-state index contributed by atoms with van der Waals surface area (Å²) in [6.07, 6.45) is 1.70. The summed E-state index contributed by atoms with van der Waals surface area (Å²) in [6.45, 7) is 6.44. The van der Waals surface area contributed by atoms with Crippen molar-refractivity contribution >= 4 is 28.3 Å². The number of carbonyl (C=O) groups is 1. The molecular weight excluding hydrogens is 346 g/mol. The molecule has 0 aliphatic rings. The maximum Gasteiger partial charge on any atom is 0.251 e. The zero-order valence-corrected chi connectivity index (χ0v) is 15.1. The van der Waals surface area contributed by atoms with Crippen LogP contribution in [0.2, 0.25) is 5.02 Å². The van der Waals surface area contributed by atoms with Gasteiger partial charge < -0.3 is 20.6 Å². The van der Waals surface area contributed by atoms with Crippen molar-refractivity contribution in [3.05, 3.63) is 39.0 Å². The van der Waals surface area contributed by atoms with E-state index in [1.165, 1.54) is 12.1 Å². The quantitative estimate of drug-likeness (QED) is 0.488. The minimum Gasteiger partial charge on any atom is -0.504 e. The second-order valence-electron chi connectivity index (χ2n) is 5.09. The van der Waals surface area contributed by atoms with Gasteiger partial charge in [-0.15, -0.1) is 0 Å². The van der Waals surface area contributed by atoms with E-state index in [1.807, 2.05) is 20.8 Å². The zero-order chi connectivity index (χ0) is 19.1. The van der Waals surface area contributed by atoms with Gasteiger partial charge in [0.1, 0.15) is 0 Å². The van der Waals surface area contributed by atoms with E-state index < -0.39 is 28.6 Å². The van der Waals surface area contributed by atoms with Crippen molar-refractivity contribution in [3.63, 3.8) is 0 Å². The summed E-state index contributed by atoms with van der Waals surface area (Å²) < 4.78 is 0. The molecule has 0 aliphatic carbocycles. The molecule has 0 aliphatic heterocycles. The summed E-state index contributed by atoms with van der Waals surface area (Å²) in [5.74, 6) is -2.57. The van der Waals surface area contributed by atoms with Gasteiger partial charge in [-0.25, -0.2) is 0 Å². The smallest absolute Gasteiger partial charge is 0.251 e. The standard InChI is InChI=1S/C16H16ClNO5.C2H6/c1-2-3-4-18-16(23)9-5-8-6-10(17)13(20)15(22)12(8)14(21)11(19)7-9;1-2/h5-7,20,22H,2-4H2,1H3,(H,18,23)(H,19,21);1-2H3. The van der Waals surface area contributed by atoms with E-state index in [0.29, 0.717) is 6.54 Å². The van der Waals surface area contributed by atoms with Crippen molar-refractivity contribution < 1.29 is 20.1 Å². The maximum absolute atomic E-state index is 12.2.